The lowest BCUT2D eigenvalue weighted by Crippen LogP contribution is -2.31. The fourth-order valence-corrected chi connectivity index (χ4v) is 3.02. The zero-order chi connectivity index (χ0) is 17.4. The number of benzene rings is 2. The van der Waals surface area contributed by atoms with Crippen LogP contribution >= 0.6 is 11.6 Å². The molecule has 0 atom stereocenters. The van der Waals surface area contributed by atoms with Crippen molar-refractivity contribution in [2.45, 2.75) is 13.0 Å². The van der Waals surface area contributed by atoms with Crippen molar-refractivity contribution < 1.29 is 9.47 Å². The highest BCUT2D eigenvalue weighted by atomic mass is 35.5. The molecular formula is C19H25ClN2O2. The van der Waals surface area contributed by atoms with Crippen LogP contribution in [0.3, 0.4) is 0 Å². The molecule has 2 rings (SSSR count). The number of hydrogen-bond acceptors (Lipinski definition) is 4. The summed E-state index contributed by atoms with van der Waals surface area (Å²) in [6, 6.07) is 14.4. The molecule has 0 radical (unpaired) electrons. The first-order chi connectivity index (χ1) is 11.7. The van der Waals surface area contributed by atoms with Gasteiger partial charge in [0.1, 0.15) is 0 Å². The molecule has 0 bridgehead atoms. The maximum absolute atomic E-state index is 6.30. The first kappa shape index (κ1) is 18.6. The Morgan fingerprint density at radius 2 is 1.75 bits per heavy atom. The highest BCUT2D eigenvalue weighted by molar-refractivity contribution is 6.32. The third kappa shape index (κ3) is 5.13. The van der Waals surface area contributed by atoms with Gasteiger partial charge in [-0.1, -0.05) is 41.9 Å². The van der Waals surface area contributed by atoms with Crippen molar-refractivity contribution in [3.63, 3.8) is 0 Å². The average Bonchev–Trinajstić information content (AvgIpc) is 2.60. The molecular weight excluding hydrogens is 324 g/mol. The van der Waals surface area contributed by atoms with Gasteiger partial charge in [0.15, 0.2) is 11.5 Å². The van der Waals surface area contributed by atoms with Gasteiger partial charge in [-0.2, -0.15) is 0 Å². The minimum absolute atomic E-state index is 0.558. The lowest BCUT2D eigenvalue weighted by Gasteiger charge is -2.22. The molecule has 5 heteroatoms. The second-order valence-electron chi connectivity index (χ2n) is 5.61. The number of halogens is 1. The molecule has 2 aromatic rings. The molecule has 130 valence electrons. The van der Waals surface area contributed by atoms with Gasteiger partial charge < -0.3 is 15.2 Å². The molecule has 0 aliphatic carbocycles. The Morgan fingerprint density at radius 1 is 1.00 bits per heavy atom. The summed E-state index contributed by atoms with van der Waals surface area (Å²) < 4.78 is 10.7. The Kier molecular flexibility index (Phi) is 7.37. The van der Waals surface area contributed by atoms with Crippen LogP contribution in [0.5, 0.6) is 11.5 Å². The number of methoxy groups -OCH3 is 2. The van der Waals surface area contributed by atoms with Gasteiger partial charge in [-0.3, -0.25) is 4.90 Å². The van der Waals surface area contributed by atoms with E-state index >= 15 is 0 Å². The number of nitrogens with two attached hydrogens (primary N) is 1. The normalized spacial score (nSPS) is 10.9. The molecule has 4 nitrogen and oxygen atoms in total. The predicted molar refractivity (Wildman–Crippen MR) is 99.0 cm³/mol. The second kappa shape index (κ2) is 9.52. The SMILES string of the molecule is COc1cc(CN(CCN)CCc2ccccc2)cc(Cl)c1OC. The molecule has 0 heterocycles. The summed E-state index contributed by atoms with van der Waals surface area (Å²) in [5, 5.41) is 0.558. The molecule has 0 aliphatic rings. The van der Waals surface area contributed by atoms with E-state index in [4.69, 9.17) is 26.8 Å². The highest BCUT2D eigenvalue weighted by Gasteiger charge is 2.13. The molecule has 0 aromatic heterocycles. The standard InChI is InChI=1S/C19H25ClN2O2/c1-23-18-13-16(12-17(20)19(18)24-2)14-22(11-9-21)10-8-15-6-4-3-5-7-15/h3-7,12-13H,8-11,14,21H2,1-2H3. The first-order valence-electron chi connectivity index (χ1n) is 8.04. The third-order valence-corrected chi connectivity index (χ3v) is 4.19. The maximum Gasteiger partial charge on any atom is 0.179 e. The van der Waals surface area contributed by atoms with Crippen molar-refractivity contribution in [2.24, 2.45) is 5.73 Å². The predicted octanol–water partition coefficient (Wildman–Crippen LogP) is 3.36. The van der Waals surface area contributed by atoms with Crippen molar-refractivity contribution in [3.8, 4) is 11.5 Å². The number of ether oxygens (including phenoxy) is 2. The summed E-state index contributed by atoms with van der Waals surface area (Å²) >= 11 is 6.30. The van der Waals surface area contributed by atoms with E-state index in [1.54, 1.807) is 14.2 Å². The fourth-order valence-electron chi connectivity index (χ4n) is 2.71. The van der Waals surface area contributed by atoms with Gasteiger partial charge in [-0.15, -0.1) is 0 Å². The molecule has 2 N–H and O–H groups in total. The topological polar surface area (TPSA) is 47.7 Å². The quantitative estimate of drug-likeness (QED) is 0.754. The third-order valence-electron chi connectivity index (χ3n) is 3.90. The molecule has 0 saturated heterocycles. The van der Waals surface area contributed by atoms with Gasteiger partial charge in [0.05, 0.1) is 19.2 Å². The van der Waals surface area contributed by atoms with E-state index in [1.807, 2.05) is 18.2 Å². The van der Waals surface area contributed by atoms with Gasteiger partial charge in [0, 0.05) is 26.2 Å². The van der Waals surface area contributed by atoms with E-state index in [0.29, 0.717) is 23.1 Å². The van der Waals surface area contributed by atoms with Gasteiger partial charge >= 0.3 is 0 Å². The van der Waals surface area contributed by atoms with E-state index in [1.165, 1.54) is 5.56 Å². The minimum atomic E-state index is 0.558. The Morgan fingerprint density at radius 3 is 2.38 bits per heavy atom. The molecule has 0 saturated carbocycles. The van der Waals surface area contributed by atoms with Crippen LogP contribution in [0.4, 0.5) is 0 Å². The number of hydrogen-bond donors (Lipinski definition) is 1. The van der Waals surface area contributed by atoms with E-state index in [9.17, 15) is 0 Å². The van der Waals surface area contributed by atoms with Crippen molar-refractivity contribution >= 4 is 11.6 Å². The van der Waals surface area contributed by atoms with Crippen LogP contribution in [0.25, 0.3) is 0 Å². The molecule has 0 unspecified atom stereocenters. The van der Waals surface area contributed by atoms with Crippen molar-refractivity contribution in [3.05, 3.63) is 58.6 Å². The zero-order valence-corrected chi connectivity index (χ0v) is 15.1. The van der Waals surface area contributed by atoms with Crippen LogP contribution in [-0.2, 0) is 13.0 Å². The smallest absolute Gasteiger partial charge is 0.179 e. The van der Waals surface area contributed by atoms with E-state index < -0.39 is 0 Å². The van der Waals surface area contributed by atoms with Crippen LogP contribution in [0.2, 0.25) is 5.02 Å². The molecule has 0 aliphatic heterocycles. The van der Waals surface area contributed by atoms with Crippen LogP contribution in [0.1, 0.15) is 11.1 Å². The van der Waals surface area contributed by atoms with Crippen molar-refractivity contribution in [1.82, 2.24) is 4.90 Å². The van der Waals surface area contributed by atoms with Gasteiger partial charge in [-0.05, 0) is 29.7 Å². The molecule has 0 spiro atoms. The summed E-state index contributed by atoms with van der Waals surface area (Å²) in [6.07, 6.45) is 0.988. The van der Waals surface area contributed by atoms with Crippen LogP contribution < -0.4 is 15.2 Å². The highest BCUT2D eigenvalue weighted by Crippen LogP contribution is 2.36. The summed E-state index contributed by atoms with van der Waals surface area (Å²) in [5.41, 5.74) is 8.18. The number of rotatable bonds is 9. The van der Waals surface area contributed by atoms with Gasteiger partial charge in [0.2, 0.25) is 0 Å². The average molecular weight is 349 g/mol. The Bertz CT molecular complexity index is 635. The Labute approximate surface area is 149 Å². The monoisotopic (exact) mass is 348 g/mol. The van der Waals surface area contributed by atoms with E-state index in [-0.39, 0.29) is 0 Å². The van der Waals surface area contributed by atoms with Crippen LogP contribution in [0.15, 0.2) is 42.5 Å². The van der Waals surface area contributed by atoms with Gasteiger partial charge in [0.25, 0.3) is 0 Å². The lowest BCUT2D eigenvalue weighted by molar-refractivity contribution is 0.275. The first-order valence-corrected chi connectivity index (χ1v) is 8.42. The summed E-state index contributed by atoms with van der Waals surface area (Å²) in [5.74, 6) is 1.22. The second-order valence-corrected chi connectivity index (χ2v) is 6.02. The van der Waals surface area contributed by atoms with Crippen molar-refractivity contribution in [2.75, 3.05) is 33.9 Å². The van der Waals surface area contributed by atoms with Gasteiger partial charge in [-0.25, -0.2) is 0 Å². The fraction of sp³-hybridized carbons (Fsp3) is 0.368. The molecule has 2 aromatic carbocycles. The van der Waals surface area contributed by atoms with Crippen LogP contribution in [-0.4, -0.2) is 38.8 Å². The summed E-state index contributed by atoms with van der Waals surface area (Å²) in [7, 11) is 3.20. The number of nitrogens with zero attached hydrogens (tertiary/aromatic N) is 1. The zero-order valence-electron chi connectivity index (χ0n) is 14.3. The molecule has 0 fully saturated rings. The van der Waals surface area contributed by atoms with Crippen molar-refractivity contribution in [1.29, 1.82) is 0 Å². The largest absolute Gasteiger partial charge is 0.493 e. The van der Waals surface area contributed by atoms with Crippen LogP contribution in [0, 0.1) is 0 Å². The summed E-state index contributed by atoms with van der Waals surface area (Å²) in [6.45, 7) is 3.16. The molecule has 0 amide bonds. The molecule has 24 heavy (non-hydrogen) atoms. The minimum Gasteiger partial charge on any atom is -0.493 e. The Hall–Kier alpha value is -1.75. The summed E-state index contributed by atoms with van der Waals surface area (Å²) in [4.78, 5) is 2.32. The lowest BCUT2D eigenvalue weighted by atomic mass is 10.1. The van der Waals surface area contributed by atoms with E-state index in [2.05, 4.69) is 29.2 Å². The Balaban J connectivity index is 2.08. The maximum atomic E-state index is 6.30. The van der Waals surface area contributed by atoms with E-state index in [0.717, 1.165) is 31.6 Å².